The van der Waals surface area contributed by atoms with Crippen LogP contribution in [0.4, 0.5) is 0 Å². The summed E-state index contributed by atoms with van der Waals surface area (Å²) >= 11 is 0. The zero-order valence-electron chi connectivity index (χ0n) is 20.4. The lowest BCUT2D eigenvalue weighted by molar-refractivity contribution is -0.122. The van der Waals surface area contributed by atoms with Crippen LogP contribution in [0.25, 0.3) is 0 Å². The SMILES string of the molecule is CCC(Cc1ccc(OC)cc1)[C@H]1CC[C@H]2[C@@H]3CC[C@H]4NC(=O)C=C[C@]4(C)[C@H]3CC[C@]12C. The summed E-state index contributed by atoms with van der Waals surface area (Å²) < 4.78 is 5.36. The second-order valence-electron chi connectivity index (χ2n) is 11.7. The molecule has 32 heavy (non-hydrogen) atoms. The summed E-state index contributed by atoms with van der Waals surface area (Å²) in [6, 6.07) is 9.09. The first-order valence-corrected chi connectivity index (χ1v) is 13.0. The number of methoxy groups -OCH3 is 1. The van der Waals surface area contributed by atoms with E-state index in [1.54, 1.807) is 7.11 Å². The van der Waals surface area contributed by atoms with Gasteiger partial charge in [-0.05, 0) is 104 Å². The van der Waals surface area contributed by atoms with Crippen molar-refractivity contribution in [3.63, 3.8) is 0 Å². The molecule has 3 heteroatoms. The lowest BCUT2D eigenvalue weighted by Crippen LogP contribution is -2.59. The molecule has 1 N–H and O–H groups in total. The lowest BCUT2D eigenvalue weighted by atomic mass is 9.47. The molecule has 1 unspecified atom stereocenters. The van der Waals surface area contributed by atoms with Crippen LogP contribution >= 0.6 is 0 Å². The fourth-order valence-electron chi connectivity index (χ4n) is 8.78. The number of amides is 1. The number of ether oxygens (including phenoxy) is 1. The van der Waals surface area contributed by atoms with Gasteiger partial charge in [0.05, 0.1) is 7.11 Å². The maximum atomic E-state index is 12.0. The van der Waals surface area contributed by atoms with E-state index in [0.29, 0.717) is 11.5 Å². The molecule has 0 bridgehead atoms. The highest BCUT2D eigenvalue weighted by molar-refractivity contribution is 5.89. The monoisotopic (exact) mass is 435 g/mol. The van der Waals surface area contributed by atoms with Crippen LogP contribution in [0.15, 0.2) is 36.4 Å². The predicted molar refractivity (Wildman–Crippen MR) is 129 cm³/mol. The molecule has 3 aliphatic carbocycles. The summed E-state index contributed by atoms with van der Waals surface area (Å²) in [5.41, 5.74) is 2.07. The number of carbonyl (C=O) groups is 1. The molecule has 5 rings (SSSR count). The van der Waals surface area contributed by atoms with Gasteiger partial charge in [-0.3, -0.25) is 4.79 Å². The molecule has 3 saturated carbocycles. The van der Waals surface area contributed by atoms with Gasteiger partial charge in [0.25, 0.3) is 0 Å². The quantitative estimate of drug-likeness (QED) is 0.600. The van der Waals surface area contributed by atoms with Crippen molar-refractivity contribution in [3.05, 3.63) is 42.0 Å². The van der Waals surface area contributed by atoms with Crippen LogP contribution in [0.1, 0.15) is 71.3 Å². The smallest absolute Gasteiger partial charge is 0.243 e. The van der Waals surface area contributed by atoms with E-state index < -0.39 is 0 Å². The van der Waals surface area contributed by atoms with E-state index in [0.717, 1.165) is 41.8 Å². The molecule has 1 aromatic rings. The minimum atomic E-state index is 0.108. The minimum Gasteiger partial charge on any atom is -0.497 e. The van der Waals surface area contributed by atoms with E-state index in [4.69, 9.17) is 4.74 Å². The Morgan fingerprint density at radius 1 is 1.06 bits per heavy atom. The fourth-order valence-corrected chi connectivity index (χ4v) is 8.78. The average molecular weight is 436 g/mol. The first-order valence-electron chi connectivity index (χ1n) is 13.0. The molecule has 0 aromatic heterocycles. The molecule has 8 atom stereocenters. The van der Waals surface area contributed by atoms with Crippen molar-refractivity contribution in [2.24, 2.45) is 40.4 Å². The van der Waals surface area contributed by atoms with Gasteiger partial charge in [0.15, 0.2) is 0 Å². The zero-order valence-corrected chi connectivity index (χ0v) is 20.4. The number of benzene rings is 1. The van der Waals surface area contributed by atoms with Crippen molar-refractivity contribution in [1.82, 2.24) is 5.32 Å². The highest BCUT2D eigenvalue weighted by atomic mass is 16.5. The van der Waals surface area contributed by atoms with Gasteiger partial charge in [-0.15, -0.1) is 0 Å². The zero-order chi connectivity index (χ0) is 22.5. The molecule has 0 spiro atoms. The fraction of sp³-hybridized carbons (Fsp3) is 0.690. The Balaban J connectivity index is 1.36. The molecule has 1 amide bonds. The Bertz CT molecular complexity index is 876. The van der Waals surface area contributed by atoms with Crippen molar-refractivity contribution in [2.75, 3.05) is 7.11 Å². The number of hydrogen-bond donors (Lipinski definition) is 1. The van der Waals surface area contributed by atoms with E-state index in [9.17, 15) is 4.79 Å². The molecule has 0 radical (unpaired) electrons. The second-order valence-corrected chi connectivity index (χ2v) is 11.7. The summed E-state index contributed by atoms with van der Waals surface area (Å²) in [4.78, 5) is 12.0. The van der Waals surface area contributed by atoms with E-state index in [-0.39, 0.29) is 11.3 Å². The largest absolute Gasteiger partial charge is 0.497 e. The predicted octanol–water partition coefficient (Wildman–Crippen LogP) is 6.18. The first-order chi connectivity index (χ1) is 15.4. The second kappa shape index (κ2) is 8.22. The number of nitrogens with one attached hydrogen (secondary N) is 1. The van der Waals surface area contributed by atoms with E-state index in [1.165, 1.54) is 50.5 Å². The van der Waals surface area contributed by atoms with Crippen molar-refractivity contribution in [3.8, 4) is 5.75 Å². The topological polar surface area (TPSA) is 38.3 Å². The van der Waals surface area contributed by atoms with Crippen LogP contribution in [-0.2, 0) is 11.2 Å². The van der Waals surface area contributed by atoms with Crippen LogP contribution in [-0.4, -0.2) is 19.1 Å². The maximum Gasteiger partial charge on any atom is 0.243 e. The standard InChI is InChI=1S/C29H41NO2/c1-5-20(18-19-6-8-21(32-4)9-7-19)23-11-12-24-22-10-13-26-29(3,17-15-27(31)30-26)25(22)14-16-28(23,24)2/h6-9,15,17,20,22-26H,5,10-14,16,18H2,1-4H3,(H,30,31)/t20?,22-,23+,24-,25-,26+,28+,29+/m0/s1. The van der Waals surface area contributed by atoms with E-state index in [2.05, 4.69) is 56.4 Å². The molecule has 3 fully saturated rings. The van der Waals surface area contributed by atoms with Crippen molar-refractivity contribution in [2.45, 2.75) is 78.2 Å². The Labute approximate surface area is 194 Å². The highest BCUT2D eigenvalue weighted by Crippen LogP contribution is 2.66. The van der Waals surface area contributed by atoms with Gasteiger partial charge in [0, 0.05) is 11.5 Å². The molecule has 3 nitrogen and oxygen atoms in total. The van der Waals surface area contributed by atoms with Crippen LogP contribution in [0.3, 0.4) is 0 Å². The van der Waals surface area contributed by atoms with Gasteiger partial charge < -0.3 is 10.1 Å². The normalized spacial score (nSPS) is 41.2. The average Bonchev–Trinajstić information content (AvgIpc) is 3.15. The van der Waals surface area contributed by atoms with Crippen molar-refractivity contribution in [1.29, 1.82) is 0 Å². The lowest BCUT2D eigenvalue weighted by Gasteiger charge is -2.59. The van der Waals surface area contributed by atoms with Crippen LogP contribution in [0.2, 0.25) is 0 Å². The molecule has 1 heterocycles. The van der Waals surface area contributed by atoms with E-state index >= 15 is 0 Å². The summed E-state index contributed by atoms with van der Waals surface area (Å²) in [6.45, 7) is 7.48. The Morgan fingerprint density at radius 2 is 1.84 bits per heavy atom. The Hall–Kier alpha value is -1.77. The third kappa shape index (κ3) is 3.42. The number of rotatable bonds is 5. The highest BCUT2D eigenvalue weighted by Gasteiger charge is 2.60. The molecule has 174 valence electrons. The van der Waals surface area contributed by atoms with Crippen LogP contribution in [0.5, 0.6) is 5.75 Å². The number of carbonyl (C=O) groups excluding carboxylic acids is 1. The minimum absolute atomic E-state index is 0.108. The molecule has 1 aromatic carbocycles. The van der Waals surface area contributed by atoms with Gasteiger partial charge in [-0.2, -0.15) is 0 Å². The molecule has 1 aliphatic heterocycles. The van der Waals surface area contributed by atoms with Gasteiger partial charge in [-0.25, -0.2) is 0 Å². The number of fused-ring (bicyclic) bond motifs is 5. The number of hydrogen-bond acceptors (Lipinski definition) is 2. The molecule has 4 aliphatic rings. The Kier molecular flexibility index (Phi) is 5.66. The summed E-state index contributed by atoms with van der Waals surface area (Å²) in [6.07, 6.45) is 14.5. The third-order valence-corrected chi connectivity index (χ3v) is 10.5. The third-order valence-electron chi connectivity index (χ3n) is 10.5. The molecule has 0 saturated heterocycles. The van der Waals surface area contributed by atoms with Crippen LogP contribution in [0, 0.1) is 40.4 Å². The Morgan fingerprint density at radius 3 is 2.56 bits per heavy atom. The van der Waals surface area contributed by atoms with Crippen LogP contribution < -0.4 is 10.1 Å². The van der Waals surface area contributed by atoms with Gasteiger partial charge >= 0.3 is 0 Å². The van der Waals surface area contributed by atoms with Crippen molar-refractivity contribution >= 4 is 5.91 Å². The summed E-state index contributed by atoms with van der Waals surface area (Å²) in [7, 11) is 1.74. The van der Waals surface area contributed by atoms with Crippen molar-refractivity contribution < 1.29 is 9.53 Å². The van der Waals surface area contributed by atoms with Gasteiger partial charge in [-0.1, -0.05) is 45.4 Å². The van der Waals surface area contributed by atoms with E-state index in [1.807, 2.05) is 6.08 Å². The maximum absolute atomic E-state index is 12.0. The van der Waals surface area contributed by atoms with Gasteiger partial charge in [0.1, 0.15) is 5.75 Å². The van der Waals surface area contributed by atoms with Gasteiger partial charge in [0.2, 0.25) is 5.91 Å². The summed E-state index contributed by atoms with van der Waals surface area (Å²) in [5, 5.41) is 3.30. The first kappa shape index (κ1) is 22.0. The summed E-state index contributed by atoms with van der Waals surface area (Å²) in [5.74, 6) is 5.03. The molecular formula is C29H41NO2. The molecular weight excluding hydrogens is 394 g/mol.